The maximum Gasteiger partial charge on any atom is 0.210 e. The molecule has 0 unspecified atom stereocenters. The highest BCUT2D eigenvalue weighted by molar-refractivity contribution is 7.99. The first-order valence-corrected chi connectivity index (χ1v) is 10.6. The van der Waals surface area contributed by atoms with Gasteiger partial charge in [-0.1, -0.05) is 30.0 Å². The highest BCUT2D eigenvalue weighted by Gasteiger charge is 2.15. The zero-order valence-corrected chi connectivity index (χ0v) is 16.3. The summed E-state index contributed by atoms with van der Waals surface area (Å²) in [7, 11) is -1.68. The summed E-state index contributed by atoms with van der Waals surface area (Å²) < 4.78 is 45.0. The Labute approximate surface area is 156 Å². The minimum absolute atomic E-state index is 0.0611. The number of benzene rings is 1. The molecule has 0 N–H and O–H groups in total. The van der Waals surface area contributed by atoms with Crippen molar-refractivity contribution >= 4 is 21.8 Å². The number of ether oxygens (including phenoxy) is 1. The van der Waals surface area contributed by atoms with Gasteiger partial charge in [-0.15, -0.1) is 16.8 Å². The highest BCUT2D eigenvalue weighted by atomic mass is 32.2. The molecule has 1 aromatic heterocycles. The molecule has 7 nitrogen and oxygen atoms in total. The quantitative estimate of drug-likeness (QED) is 0.449. The van der Waals surface area contributed by atoms with Crippen molar-refractivity contribution in [1.82, 2.24) is 19.1 Å². The van der Waals surface area contributed by atoms with E-state index in [-0.39, 0.29) is 12.4 Å². The van der Waals surface area contributed by atoms with Crippen LogP contribution in [0.15, 0.2) is 42.1 Å². The molecule has 0 fully saturated rings. The molecule has 0 radical (unpaired) electrons. The van der Waals surface area contributed by atoms with Crippen LogP contribution in [0.5, 0.6) is 5.75 Å². The summed E-state index contributed by atoms with van der Waals surface area (Å²) in [4.78, 5) is 0. The minimum atomic E-state index is -3.21. The largest absolute Gasteiger partial charge is 0.483 e. The number of allylic oxidation sites excluding steroid dienone is 1. The Bertz CT molecular complexity index is 855. The molecule has 26 heavy (non-hydrogen) atoms. The highest BCUT2D eigenvalue weighted by Crippen LogP contribution is 2.20. The number of para-hydroxylation sites is 1. The van der Waals surface area contributed by atoms with Crippen molar-refractivity contribution in [3.05, 3.63) is 48.6 Å². The molecular weight excluding hydrogens is 379 g/mol. The lowest BCUT2D eigenvalue weighted by molar-refractivity contribution is 0.275. The van der Waals surface area contributed by atoms with Gasteiger partial charge in [0.15, 0.2) is 22.5 Å². The zero-order chi connectivity index (χ0) is 19.2. The van der Waals surface area contributed by atoms with Crippen LogP contribution in [0.1, 0.15) is 5.82 Å². The van der Waals surface area contributed by atoms with Crippen LogP contribution < -0.4 is 4.74 Å². The Morgan fingerprint density at radius 3 is 2.77 bits per heavy atom. The molecule has 0 aliphatic rings. The number of hydrogen-bond donors (Lipinski definition) is 0. The van der Waals surface area contributed by atoms with Crippen LogP contribution in [-0.4, -0.2) is 53.1 Å². The van der Waals surface area contributed by atoms with Crippen molar-refractivity contribution in [3.8, 4) is 5.75 Å². The first-order valence-electron chi connectivity index (χ1n) is 7.77. The second-order valence-corrected chi connectivity index (χ2v) is 8.60. The van der Waals surface area contributed by atoms with E-state index in [1.165, 1.54) is 29.2 Å². The monoisotopic (exact) mass is 400 g/mol. The van der Waals surface area contributed by atoms with Gasteiger partial charge in [0, 0.05) is 25.9 Å². The molecule has 0 saturated heterocycles. The van der Waals surface area contributed by atoms with Crippen LogP contribution in [0.3, 0.4) is 0 Å². The van der Waals surface area contributed by atoms with Gasteiger partial charge in [0.1, 0.15) is 6.61 Å². The van der Waals surface area contributed by atoms with E-state index < -0.39 is 15.8 Å². The standard InChI is InChI=1S/C16H21FN4O3S2/c1-4-9-21-15(12-24-14-8-6-5-7-13(14)17)18-19-16(21)25-11-10-20(2)26(3,22)23/h4-8H,1,9-12H2,2-3H3. The van der Waals surface area contributed by atoms with Crippen LogP contribution in [0.4, 0.5) is 4.39 Å². The van der Waals surface area contributed by atoms with Crippen molar-refractivity contribution in [3.63, 3.8) is 0 Å². The average Bonchev–Trinajstić information content (AvgIpc) is 2.96. The van der Waals surface area contributed by atoms with Crippen molar-refractivity contribution in [2.75, 3.05) is 25.6 Å². The van der Waals surface area contributed by atoms with Gasteiger partial charge in [-0.2, -0.15) is 0 Å². The summed E-state index contributed by atoms with van der Waals surface area (Å²) in [5.74, 6) is 0.755. The van der Waals surface area contributed by atoms with E-state index in [1.54, 1.807) is 28.8 Å². The third-order valence-electron chi connectivity index (χ3n) is 3.50. The molecule has 1 heterocycles. The topological polar surface area (TPSA) is 77.3 Å². The van der Waals surface area contributed by atoms with E-state index in [4.69, 9.17) is 4.74 Å². The minimum Gasteiger partial charge on any atom is -0.483 e. The maximum atomic E-state index is 13.6. The van der Waals surface area contributed by atoms with Gasteiger partial charge in [0.25, 0.3) is 0 Å². The third kappa shape index (κ3) is 5.55. The number of halogens is 1. The predicted molar refractivity (Wildman–Crippen MR) is 99.1 cm³/mol. The first kappa shape index (κ1) is 20.4. The fraction of sp³-hybridized carbons (Fsp3) is 0.375. The fourth-order valence-corrected chi connectivity index (χ4v) is 3.50. The van der Waals surface area contributed by atoms with Crippen LogP contribution in [0.25, 0.3) is 0 Å². The van der Waals surface area contributed by atoms with Crippen LogP contribution in [-0.2, 0) is 23.2 Å². The van der Waals surface area contributed by atoms with Gasteiger partial charge >= 0.3 is 0 Å². The van der Waals surface area contributed by atoms with Crippen LogP contribution in [0, 0.1) is 5.82 Å². The van der Waals surface area contributed by atoms with Gasteiger partial charge in [0.2, 0.25) is 10.0 Å². The second-order valence-electron chi connectivity index (χ2n) is 5.45. The van der Waals surface area contributed by atoms with E-state index in [2.05, 4.69) is 16.8 Å². The van der Waals surface area contributed by atoms with E-state index in [0.717, 1.165) is 6.26 Å². The fourth-order valence-electron chi connectivity index (χ4n) is 1.98. The molecule has 0 saturated carbocycles. The SMILES string of the molecule is C=CCn1c(COc2ccccc2F)nnc1SCCN(C)S(C)(=O)=O. The number of thioether (sulfide) groups is 1. The second kappa shape index (κ2) is 9.15. The number of hydrogen-bond acceptors (Lipinski definition) is 6. The molecule has 2 aromatic rings. The Balaban J connectivity index is 2.02. The normalized spacial score (nSPS) is 11.7. The summed E-state index contributed by atoms with van der Waals surface area (Å²) in [6.45, 7) is 4.60. The Hall–Kier alpha value is -1.91. The maximum absolute atomic E-state index is 13.6. The van der Waals surface area contributed by atoms with Crippen molar-refractivity contribution < 1.29 is 17.5 Å². The zero-order valence-electron chi connectivity index (χ0n) is 14.6. The van der Waals surface area contributed by atoms with Gasteiger partial charge < -0.3 is 4.74 Å². The number of rotatable bonds is 10. The van der Waals surface area contributed by atoms with Gasteiger partial charge in [0.05, 0.1) is 6.26 Å². The molecule has 0 aliphatic carbocycles. The molecule has 0 aliphatic heterocycles. The summed E-state index contributed by atoms with van der Waals surface area (Å²) >= 11 is 1.38. The predicted octanol–water partition coefficient (Wildman–Crippen LogP) is 2.17. The Morgan fingerprint density at radius 2 is 2.12 bits per heavy atom. The van der Waals surface area contributed by atoms with Crippen molar-refractivity contribution in [2.45, 2.75) is 18.3 Å². The van der Waals surface area contributed by atoms with E-state index >= 15 is 0 Å². The van der Waals surface area contributed by atoms with Crippen LogP contribution in [0.2, 0.25) is 0 Å². The van der Waals surface area contributed by atoms with Gasteiger partial charge in [-0.3, -0.25) is 4.57 Å². The lowest BCUT2D eigenvalue weighted by Gasteiger charge is -2.13. The van der Waals surface area contributed by atoms with E-state index in [0.29, 0.717) is 29.8 Å². The lowest BCUT2D eigenvalue weighted by Crippen LogP contribution is -2.27. The first-order chi connectivity index (χ1) is 12.3. The summed E-state index contributed by atoms with van der Waals surface area (Å²) in [5.41, 5.74) is 0. The molecule has 1 aromatic carbocycles. The summed E-state index contributed by atoms with van der Waals surface area (Å²) in [5, 5.41) is 8.83. The molecule has 0 spiro atoms. The third-order valence-corrected chi connectivity index (χ3v) is 5.76. The molecule has 10 heteroatoms. The summed E-state index contributed by atoms with van der Waals surface area (Å²) in [6, 6.07) is 6.14. The molecule has 142 valence electrons. The number of aromatic nitrogens is 3. The molecular formula is C16H21FN4O3S2. The molecule has 2 rings (SSSR count). The van der Waals surface area contributed by atoms with E-state index in [9.17, 15) is 12.8 Å². The van der Waals surface area contributed by atoms with Crippen LogP contribution >= 0.6 is 11.8 Å². The number of nitrogens with zero attached hydrogens (tertiary/aromatic N) is 4. The average molecular weight is 401 g/mol. The molecule has 0 atom stereocenters. The van der Waals surface area contributed by atoms with Gasteiger partial charge in [-0.25, -0.2) is 17.1 Å². The summed E-state index contributed by atoms with van der Waals surface area (Å²) in [6.07, 6.45) is 2.86. The van der Waals surface area contributed by atoms with Crippen molar-refractivity contribution in [2.24, 2.45) is 0 Å². The lowest BCUT2D eigenvalue weighted by atomic mass is 10.3. The molecule has 0 bridgehead atoms. The molecule has 0 amide bonds. The Kier molecular flexibility index (Phi) is 7.18. The van der Waals surface area contributed by atoms with E-state index in [1.807, 2.05) is 0 Å². The number of sulfonamides is 1. The van der Waals surface area contributed by atoms with Crippen molar-refractivity contribution in [1.29, 1.82) is 0 Å². The Morgan fingerprint density at radius 1 is 1.38 bits per heavy atom. The smallest absolute Gasteiger partial charge is 0.210 e. The van der Waals surface area contributed by atoms with Gasteiger partial charge in [-0.05, 0) is 12.1 Å².